The van der Waals surface area contributed by atoms with Gasteiger partial charge in [0.1, 0.15) is 12.3 Å². The fraction of sp³-hybridized carbons (Fsp3) is 0.364. The van der Waals surface area contributed by atoms with Crippen molar-refractivity contribution in [3.8, 4) is 0 Å². The van der Waals surface area contributed by atoms with Gasteiger partial charge in [-0.15, -0.1) is 0 Å². The van der Waals surface area contributed by atoms with Gasteiger partial charge in [-0.2, -0.15) is 13.2 Å². The fourth-order valence-electron chi connectivity index (χ4n) is 0.950. The molecule has 0 aliphatic rings. The Labute approximate surface area is 91.7 Å². The highest BCUT2D eigenvalue weighted by Crippen LogP contribution is 2.29. The van der Waals surface area contributed by atoms with E-state index in [9.17, 15) is 13.2 Å². The molecule has 0 aliphatic heterocycles. The van der Waals surface area contributed by atoms with Crippen LogP contribution in [0.5, 0.6) is 0 Å². The highest BCUT2D eigenvalue weighted by Gasteiger charge is 2.30. The van der Waals surface area contributed by atoms with Gasteiger partial charge in [-0.3, -0.25) is 0 Å². The predicted molar refractivity (Wildman–Crippen MR) is 54.2 cm³/mol. The van der Waals surface area contributed by atoms with E-state index in [1.807, 2.05) is 0 Å². The molecule has 0 heterocycles. The zero-order chi connectivity index (χ0) is 12.2. The monoisotopic (exact) mass is 230 g/mol. The maximum atomic E-state index is 12.3. The van der Waals surface area contributed by atoms with Gasteiger partial charge in [0.2, 0.25) is 0 Å². The van der Waals surface area contributed by atoms with Crippen LogP contribution in [0.1, 0.15) is 25.0 Å². The lowest BCUT2D eigenvalue weighted by molar-refractivity contribution is -0.137. The zero-order valence-corrected chi connectivity index (χ0v) is 8.88. The number of alkyl halides is 3. The summed E-state index contributed by atoms with van der Waals surface area (Å²) in [4.78, 5) is 4.80. The van der Waals surface area contributed by atoms with Crippen LogP contribution in [-0.2, 0) is 11.0 Å². The normalized spacial score (nSPS) is 12.4. The molecule has 2 nitrogen and oxygen atoms in total. The molecule has 5 heteroatoms. The Kier molecular flexibility index (Phi) is 3.93. The van der Waals surface area contributed by atoms with Crippen molar-refractivity contribution in [1.82, 2.24) is 0 Å². The summed E-state index contributed by atoms with van der Waals surface area (Å²) in [6.07, 6.45) is -2.09. The molecule has 0 spiro atoms. The highest BCUT2D eigenvalue weighted by atomic mass is 19.4. The summed E-state index contributed by atoms with van der Waals surface area (Å²) < 4.78 is 37.0. The molecule has 0 fully saturated rings. The van der Waals surface area contributed by atoms with Crippen molar-refractivity contribution in [1.29, 1.82) is 0 Å². The van der Waals surface area contributed by atoms with Gasteiger partial charge >= 0.3 is 6.18 Å². The molecule has 0 N–H and O–H groups in total. The highest BCUT2D eigenvalue weighted by molar-refractivity contribution is 5.79. The molecule has 0 amide bonds. The van der Waals surface area contributed by atoms with Crippen LogP contribution in [0, 0.1) is 0 Å². The van der Waals surface area contributed by atoms with Crippen LogP contribution in [0.4, 0.5) is 13.2 Å². The second kappa shape index (κ2) is 5.01. The van der Waals surface area contributed by atoms with Crippen molar-refractivity contribution in [3.05, 3.63) is 35.4 Å². The third-order valence-electron chi connectivity index (χ3n) is 1.63. The van der Waals surface area contributed by atoms with Gasteiger partial charge in [-0.05, 0) is 26.0 Å². The average molecular weight is 230 g/mol. The maximum absolute atomic E-state index is 12.3. The van der Waals surface area contributed by atoms with E-state index >= 15 is 0 Å². The SMILES string of the molecule is CC(C)O/N=[C]/c1cccc(C(F)(F)F)c1. The van der Waals surface area contributed by atoms with Crippen molar-refractivity contribution in [2.45, 2.75) is 26.1 Å². The van der Waals surface area contributed by atoms with E-state index in [4.69, 9.17) is 4.84 Å². The molecular formula is C11H11F3NO. The first-order chi connectivity index (χ1) is 7.39. The molecule has 0 atom stereocenters. The molecule has 0 saturated heterocycles. The zero-order valence-electron chi connectivity index (χ0n) is 8.88. The molecule has 0 aliphatic carbocycles. The second-order valence-corrected chi connectivity index (χ2v) is 3.44. The van der Waals surface area contributed by atoms with Gasteiger partial charge in [0, 0.05) is 5.56 Å². The van der Waals surface area contributed by atoms with Crippen LogP contribution in [0.2, 0.25) is 0 Å². The van der Waals surface area contributed by atoms with E-state index in [0.29, 0.717) is 0 Å². The number of benzene rings is 1. The van der Waals surface area contributed by atoms with Crippen LogP contribution in [0.3, 0.4) is 0 Å². The summed E-state index contributed by atoms with van der Waals surface area (Å²) in [7, 11) is 0. The second-order valence-electron chi connectivity index (χ2n) is 3.44. The van der Waals surface area contributed by atoms with Crippen molar-refractivity contribution in [3.63, 3.8) is 0 Å². The Morgan fingerprint density at radius 2 is 2.00 bits per heavy atom. The number of nitrogens with zero attached hydrogens (tertiary/aromatic N) is 1. The van der Waals surface area contributed by atoms with E-state index in [1.54, 1.807) is 13.8 Å². The van der Waals surface area contributed by atoms with Crippen LogP contribution in [-0.4, -0.2) is 12.3 Å². The summed E-state index contributed by atoms with van der Waals surface area (Å²) in [5, 5.41) is 3.45. The van der Waals surface area contributed by atoms with Crippen molar-refractivity contribution in [2.75, 3.05) is 0 Å². The minimum atomic E-state index is -4.35. The standard InChI is InChI=1S/C11H11F3NO/c1-8(2)16-15-7-9-4-3-5-10(6-9)11(12,13)14/h3-6,8H,1-2H3. The van der Waals surface area contributed by atoms with Crippen molar-refractivity contribution >= 4 is 6.21 Å². The number of halogens is 3. The first kappa shape index (κ1) is 12.5. The van der Waals surface area contributed by atoms with E-state index in [-0.39, 0.29) is 11.7 Å². The molecule has 0 bridgehead atoms. The fourth-order valence-corrected chi connectivity index (χ4v) is 0.950. The maximum Gasteiger partial charge on any atom is 0.416 e. The molecule has 0 aromatic heterocycles. The Morgan fingerprint density at radius 3 is 2.56 bits per heavy atom. The topological polar surface area (TPSA) is 21.6 Å². The van der Waals surface area contributed by atoms with E-state index in [2.05, 4.69) is 11.4 Å². The molecule has 1 aromatic rings. The Balaban J connectivity index is 2.79. The number of rotatable bonds is 3. The first-order valence-electron chi connectivity index (χ1n) is 4.68. The average Bonchev–Trinajstić information content (AvgIpc) is 2.16. The van der Waals surface area contributed by atoms with Crippen LogP contribution < -0.4 is 0 Å². The van der Waals surface area contributed by atoms with Gasteiger partial charge in [-0.1, -0.05) is 17.3 Å². The predicted octanol–water partition coefficient (Wildman–Crippen LogP) is 3.34. The van der Waals surface area contributed by atoms with Crippen LogP contribution in [0.15, 0.2) is 29.4 Å². The smallest absolute Gasteiger partial charge is 0.393 e. The van der Waals surface area contributed by atoms with Gasteiger partial charge in [0.05, 0.1) is 5.56 Å². The van der Waals surface area contributed by atoms with E-state index in [1.165, 1.54) is 12.1 Å². The minimum absolute atomic E-state index is 0.127. The Bertz CT molecular complexity index is 372. The summed E-state index contributed by atoms with van der Waals surface area (Å²) in [6.45, 7) is 3.52. The number of hydrogen-bond acceptors (Lipinski definition) is 2. The lowest BCUT2D eigenvalue weighted by atomic mass is 10.1. The lowest BCUT2D eigenvalue weighted by Crippen LogP contribution is -2.05. The third kappa shape index (κ3) is 3.92. The van der Waals surface area contributed by atoms with Gasteiger partial charge in [0.25, 0.3) is 0 Å². The third-order valence-corrected chi connectivity index (χ3v) is 1.63. The molecule has 16 heavy (non-hydrogen) atoms. The molecule has 0 unspecified atom stereocenters. The number of hydrogen-bond donors (Lipinski definition) is 0. The van der Waals surface area contributed by atoms with Gasteiger partial charge < -0.3 is 4.84 Å². The summed E-state index contributed by atoms with van der Waals surface area (Å²) in [6, 6.07) is 4.74. The summed E-state index contributed by atoms with van der Waals surface area (Å²) >= 11 is 0. The minimum Gasteiger partial charge on any atom is -0.393 e. The largest absolute Gasteiger partial charge is 0.416 e. The summed E-state index contributed by atoms with van der Waals surface area (Å²) in [5.74, 6) is 0. The molecular weight excluding hydrogens is 219 g/mol. The van der Waals surface area contributed by atoms with Crippen LogP contribution in [0.25, 0.3) is 0 Å². The van der Waals surface area contributed by atoms with Crippen LogP contribution >= 0.6 is 0 Å². The van der Waals surface area contributed by atoms with E-state index in [0.717, 1.165) is 12.1 Å². The lowest BCUT2D eigenvalue weighted by Gasteiger charge is -2.06. The van der Waals surface area contributed by atoms with Crippen molar-refractivity contribution in [2.24, 2.45) is 5.16 Å². The first-order valence-corrected chi connectivity index (χ1v) is 4.68. The van der Waals surface area contributed by atoms with Gasteiger partial charge in [0.15, 0.2) is 0 Å². The van der Waals surface area contributed by atoms with Crippen molar-refractivity contribution < 1.29 is 18.0 Å². The molecule has 1 aromatic carbocycles. The molecule has 1 radical (unpaired) electrons. The molecule has 1 rings (SSSR count). The summed E-state index contributed by atoms with van der Waals surface area (Å²) in [5.41, 5.74) is -0.493. The Hall–Kier alpha value is -1.52. The Morgan fingerprint density at radius 1 is 1.31 bits per heavy atom. The molecule has 87 valence electrons. The van der Waals surface area contributed by atoms with E-state index < -0.39 is 11.7 Å². The quantitative estimate of drug-likeness (QED) is 0.576. The van der Waals surface area contributed by atoms with Gasteiger partial charge in [-0.25, -0.2) is 0 Å². The molecule has 0 saturated carbocycles.